The van der Waals surface area contributed by atoms with Crippen LogP contribution >= 0.6 is 11.6 Å². The molecule has 1 aromatic carbocycles. The minimum absolute atomic E-state index is 0.297. The number of aromatic nitrogens is 3. The van der Waals surface area contributed by atoms with Crippen LogP contribution in [0.2, 0.25) is 5.02 Å². The second-order valence-electron chi connectivity index (χ2n) is 4.41. The Morgan fingerprint density at radius 1 is 1.35 bits per heavy atom. The van der Waals surface area contributed by atoms with Crippen LogP contribution in [0.3, 0.4) is 0 Å². The summed E-state index contributed by atoms with van der Waals surface area (Å²) in [6.07, 6.45) is 3.06. The molecule has 0 aliphatic carbocycles. The zero-order valence-corrected chi connectivity index (χ0v) is 11.3. The average molecular weight is 294 g/mol. The molecule has 2 aromatic rings. The first-order chi connectivity index (χ1) is 9.76. The van der Waals surface area contributed by atoms with E-state index < -0.39 is 0 Å². The Morgan fingerprint density at radius 3 is 3.00 bits per heavy atom. The molecule has 0 amide bonds. The van der Waals surface area contributed by atoms with E-state index in [1.807, 2.05) is 6.07 Å². The Hall–Kier alpha value is -2.08. The van der Waals surface area contributed by atoms with Crippen molar-refractivity contribution in [3.05, 3.63) is 34.6 Å². The molecule has 20 heavy (non-hydrogen) atoms. The number of benzene rings is 1. The van der Waals surface area contributed by atoms with E-state index in [4.69, 9.17) is 21.1 Å². The van der Waals surface area contributed by atoms with Crippen LogP contribution in [-0.2, 0) is 6.54 Å². The number of ether oxygens (including phenoxy) is 2. The Labute approximate surface area is 120 Å². The van der Waals surface area contributed by atoms with E-state index in [-0.39, 0.29) is 0 Å². The molecule has 0 N–H and O–H groups in total. The van der Waals surface area contributed by atoms with Gasteiger partial charge in [-0.3, -0.25) is 4.79 Å². The third-order valence-electron chi connectivity index (χ3n) is 2.88. The van der Waals surface area contributed by atoms with E-state index in [9.17, 15) is 4.79 Å². The summed E-state index contributed by atoms with van der Waals surface area (Å²) >= 11 is 6.21. The summed E-state index contributed by atoms with van der Waals surface area (Å²) < 4.78 is 12.8. The van der Waals surface area contributed by atoms with Crippen molar-refractivity contribution in [2.24, 2.45) is 0 Å². The maximum atomic E-state index is 10.6. The van der Waals surface area contributed by atoms with Crippen molar-refractivity contribution in [1.29, 1.82) is 0 Å². The van der Waals surface area contributed by atoms with Gasteiger partial charge >= 0.3 is 0 Å². The zero-order chi connectivity index (χ0) is 13.9. The second-order valence-corrected chi connectivity index (χ2v) is 4.82. The number of hydrogen-bond donors (Lipinski definition) is 0. The molecule has 0 atom stereocenters. The summed E-state index contributed by atoms with van der Waals surface area (Å²) in [6.45, 7) is 1.65. The van der Waals surface area contributed by atoms with Gasteiger partial charge in [-0.15, -0.1) is 5.10 Å². The Morgan fingerprint density at radius 2 is 2.20 bits per heavy atom. The Bertz CT molecular complexity index is 642. The van der Waals surface area contributed by atoms with E-state index in [0.29, 0.717) is 48.3 Å². The van der Waals surface area contributed by atoms with Gasteiger partial charge in [0.25, 0.3) is 0 Å². The quantitative estimate of drug-likeness (QED) is 0.809. The van der Waals surface area contributed by atoms with Crippen molar-refractivity contribution in [3.8, 4) is 11.5 Å². The fraction of sp³-hybridized carbons (Fsp3) is 0.308. The highest BCUT2D eigenvalue weighted by Gasteiger charge is 2.16. The predicted molar refractivity (Wildman–Crippen MR) is 71.6 cm³/mol. The van der Waals surface area contributed by atoms with Crippen LogP contribution in [-0.4, -0.2) is 34.5 Å². The molecule has 1 aliphatic heterocycles. The molecule has 0 unspecified atom stereocenters. The fourth-order valence-electron chi connectivity index (χ4n) is 2.01. The first-order valence-electron chi connectivity index (χ1n) is 6.19. The van der Waals surface area contributed by atoms with Crippen LogP contribution in [0.15, 0.2) is 18.3 Å². The molecule has 1 aromatic heterocycles. The number of nitrogens with zero attached hydrogens (tertiary/aromatic N) is 3. The lowest BCUT2D eigenvalue weighted by Crippen LogP contribution is -2.02. The highest BCUT2D eigenvalue weighted by molar-refractivity contribution is 6.32. The number of carbonyl (C=O) groups excluding carboxylic acids is 1. The molecule has 1 aliphatic rings. The van der Waals surface area contributed by atoms with Gasteiger partial charge in [0, 0.05) is 6.42 Å². The smallest absolute Gasteiger partial charge is 0.179 e. The molecule has 0 fully saturated rings. The average Bonchev–Trinajstić information content (AvgIpc) is 2.74. The van der Waals surface area contributed by atoms with E-state index in [2.05, 4.69) is 10.3 Å². The first-order valence-corrected chi connectivity index (χ1v) is 6.57. The standard InChI is InChI=1S/C13H12ClN3O3/c14-11-4-9(6-17-7-10(8-18)15-16-17)5-12-13(11)20-3-1-2-19-12/h4-5,7-8H,1-3,6H2. The number of carbonyl (C=O) groups is 1. The van der Waals surface area contributed by atoms with Gasteiger partial charge in [-0.1, -0.05) is 16.8 Å². The number of aldehydes is 1. The molecule has 6 nitrogen and oxygen atoms in total. The van der Waals surface area contributed by atoms with Crippen LogP contribution in [0.4, 0.5) is 0 Å². The predicted octanol–water partition coefficient (Wildman–Crippen LogP) is 1.95. The summed E-state index contributed by atoms with van der Waals surface area (Å²) in [5.74, 6) is 1.22. The third kappa shape index (κ3) is 2.60. The molecule has 2 heterocycles. The maximum absolute atomic E-state index is 10.6. The van der Waals surface area contributed by atoms with Gasteiger partial charge in [0.05, 0.1) is 31.0 Å². The minimum Gasteiger partial charge on any atom is -0.489 e. The number of rotatable bonds is 3. The van der Waals surface area contributed by atoms with Crippen LogP contribution in [0, 0.1) is 0 Å². The zero-order valence-electron chi connectivity index (χ0n) is 10.6. The van der Waals surface area contributed by atoms with Crippen LogP contribution in [0.5, 0.6) is 11.5 Å². The molecule has 0 spiro atoms. The Balaban J connectivity index is 1.88. The SMILES string of the molecule is O=Cc1cn(Cc2cc(Cl)c3c(c2)OCCCO3)nn1. The molecule has 0 saturated carbocycles. The summed E-state index contributed by atoms with van der Waals surface area (Å²) in [7, 11) is 0. The summed E-state index contributed by atoms with van der Waals surface area (Å²) in [4.78, 5) is 10.6. The molecule has 0 radical (unpaired) electrons. The number of hydrogen-bond acceptors (Lipinski definition) is 5. The normalized spacial score (nSPS) is 13.8. The first kappa shape index (κ1) is 12.9. The van der Waals surface area contributed by atoms with Gasteiger partial charge in [0.2, 0.25) is 0 Å². The van der Waals surface area contributed by atoms with Gasteiger partial charge in [0.1, 0.15) is 5.69 Å². The van der Waals surface area contributed by atoms with E-state index in [1.165, 1.54) is 0 Å². The maximum Gasteiger partial charge on any atom is 0.179 e. The largest absolute Gasteiger partial charge is 0.489 e. The summed E-state index contributed by atoms with van der Waals surface area (Å²) in [5, 5.41) is 8.08. The van der Waals surface area contributed by atoms with Gasteiger partial charge in [-0.2, -0.15) is 0 Å². The van der Waals surface area contributed by atoms with Crippen molar-refractivity contribution in [1.82, 2.24) is 15.0 Å². The molecular formula is C13H12ClN3O3. The summed E-state index contributed by atoms with van der Waals surface area (Å²) in [6, 6.07) is 3.67. The van der Waals surface area contributed by atoms with Gasteiger partial charge in [0.15, 0.2) is 17.8 Å². The molecule has 0 saturated heterocycles. The lowest BCUT2D eigenvalue weighted by molar-refractivity contribution is 0.111. The topological polar surface area (TPSA) is 66.2 Å². The van der Waals surface area contributed by atoms with Gasteiger partial charge in [-0.05, 0) is 17.7 Å². The highest BCUT2D eigenvalue weighted by atomic mass is 35.5. The highest BCUT2D eigenvalue weighted by Crippen LogP contribution is 2.38. The number of fused-ring (bicyclic) bond motifs is 1. The molecule has 3 rings (SSSR count). The third-order valence-corrected chi connectivity index (χ3v) is 3.16. The molecule has 104 valence electrons. The lowest BCUT2D eigenvalue weighted by atomic mass is 10.2. The van der Waals surface area contributed by atoms with Gasteiger partial charge < -0.3 is 9.47 Å². The second kappa shape index (κ2) is 5.50. The van der Waals surface area contributed by atoms with Crippen LogP contribution in [0.25, 0.3) is 0 Å². The lowest BCUT2D eigenvalue weighted by Gasteiger charge is -2.11. The van der Waals surface area contributed by atoms with Crippen molar-refractivity contribution in [3.63, 3.8) is 0 Å². The van der Waals surface area contributed by atoms with Crippen molar-refractivity contribution in [2.75, 3.05) is 13.2 Å². The van der Waals surface area contributed by atoms with Crippen molar-refractivity contribution >= 4 is 17.9 Å². The minimum atomic E-state index is 0.297. The van der Waals surface area contributed by atoms with Crippen LogP contribution in [0.1, 0.15) is 22.5 Å². The fourth-order valence-corrected chi connectivity index (χ4v) is 2.30. The monoisotopic (exact) mass is 293 g/mol. The van der Waals surface area contributed by atoms with Crippen molar-refractivity contribution < 1.29 is 14.3 Å². The molecular weight excluding hydrogens is 282 g/mol. The summed E-state index contributed by atoms with van der Waals surface area (Å²) in [5.41, 5.74) is 1.20. The van der Waals surface area contributed by atoms with Crippen LogP contribution < -0.4 is 9.47 Å². The van der Waals surface area contributed by atoms with E-state index in [0.717, 1.165) is 12.0 Å². The Kier molecular flexibility index (Phi) is 3.56. The van der Waals surface area contributed by atoms with Crippen molar-refractivity contribution in [2.45, 2.75) is 13.0 Å². The van der Waals surface area contributed by atoms with Gasteiger partial charge in [-0.25, -0.2) is 4.68 Å². The van der Waals surface area contributed by atoms with E-state index in [1.54, 1.807) is 16.9 Å². The molecule has 7 heteroatoms. The molecule has 0 bridgehead atoms. The number of halogens is 1. The van der Waals surface area contributed by atoms with E-state index >= 15 is 0 Å².